The number of fused-ring (bicyclic) bond motifs is 1. The molecule has 1 fully saturated rings. The summed E-state index contributed by atoms with van der Waals surface area (Å²) < 4.78 is 25.9. The Labute approximate surface area is 148 Å². The van der Waals surface area contributed by atoms with Gasteiger partial charge in [-0.15, -0.1) is 6.58 Å². The van der Waals surface area contributed by atoms with Crippen molar-refractivity contribution >= 4 is 32.5 Å². The van der Waals surface area contributed by atoms with E-state index in [1.807, 2.05) is 18.2 Å². The first-order valence-corrected chi connectivity index (χ1v) is 9.94. The van der Waals surface area contributed by atoms with Gasteiger partial charge in [0.25, 0.3) is 0 Å². The van der Waals surface area contributed by atoms with Gasteiger partial charge in [0, 0.05) is 44.3 Å². The summed E-state index contributed by atoms with van der Waals surface area (Å²) in [5.41, 5.74) is 1.76. The lowest BCUT2D eigenvalue weighted by atomic mass is 10.1. The lowest BCUT2D eigenvalue weighted by Gasteiger charge is -2.32. The molecular weight excluding hydrogens is 346 g/mol. The topological polar surface area (TPSA) is 45.6 Å². The fourth-order valence-corrected chi connectivity index (χ4v) is 4.52. The second kappa shape index (κ2) is 6.88. The van der Waals surface area contributed by atoms with Crippen LogP contribution in [0.5, 0.6) is 0 Å². The number of rotatable bonds is 5. The molecule has 0 radical (unpaired) electrons. The van der Waals surface area contributed by atoms with Crippen LogP contribution < -0.4 is 0 Å². The van der Waals surface area contributed by atoms with Crippen LogP contribution in [0.4, 0.5) is 0 Å². The molecule has 2 aromatic rings. The summed E-state index contributed by atoms with van der Waals surface area (Å²) in [5, 5.41) is 1.23. The molecule has 1 aromatic carbocycles. The van der Waals surface area contributed by atoms with E-state index in [1.165, 1.54) is 16.2 Å². The summed E-state index contributed by atoms with van der Waals surface area (Å²) in [6.45, 7) is 8.57. The van der Waals surface area contributed by atoms with Crippen LogP contribution in [0.3, 0.4) is 0 Å². The van der Waals surface area contributed by atoms with Crippen LogP contribution in [0.1, 0.15) is 5.56 Å². The Kier molecular flexibility index (Phi) is 5.01. The molecule has 7 heteroatoms. The van der Waals surface area contributed by atoms with Gasteiger partial charge in [0.15, 0.2) is 0 Å². The molecule has 0 aliphatic carbocycles. The van der Waals surface area contributed by atoms with E-state index in [-0.39, 0.29) is 5.75 Å². The molecule has 0 spiro atoms. The number of hydrogen-bond donors (Lipinski definition) is 0. The van der Waals surface area contributed by atoms with E-state index in [4.69, 9.17) is 11.6 Å². The van der Waals surface area contributed by atoms with Gasteiger partial charge in [0.05, 0.1) is 16.3 Å². The van der Waals surface area contributed by atoms with Crippen LogP contribution in [0.25, 0.3) is 10.9 Å². The zero-order chi connectivity index (χ0) is 17.3. The van der Waals surface area contributed by atoms with Crippen molar-refractivity contribution in [3.8, 4) is 0 Å². The first-order chi connectivity index (χ1) is 11.4. The van der Waals surface area contributed by atoms with Gasteiger partial charge < -0.3 is 4.90 Å². The smallest absolute Gasteiger partial charge is 0.242 e. The molecule has 0 unspecified atom stereocenters. The fourth-order valence-electron chi connectivity index (χ4n) is 3.03. The van der Waals surface area contributed by atoms with Crippen LogP contribution in [0, 0.1) is 0 Å². The van der Waals surface area contributed by atoms with Crippen molar-refractivity contribution in [1.82, 2.24) is 13.8 Å². The Morgan fingerprint density at radius 2 is 1.96 bits per heavy atom. The normalized spacial score (nSPS) is 17.4. The third-order valence-corrected chi connectivity index (χ3v) is 6.28. The highest BCUT2D eigenvalue weighted by atomic mass is 35.5. The summed E-state index contributed by atoms with van der Waals surface area (Å²) in [4.78, 5) is 4.72. The third kappa shape index (κ3) is 3.52. The summed E-state index contributed by atoms with van der Waals surface area (Å²) in [7, 11) is -1.33. The lowest BCUT2D eigenvalue weighted by molar-refractivity contribution is 0.148. The van der Waals surface area contributed by atoms with E-state index in [2.05, 4.69) is 23.4 Å². The van der Waals surface area contributed by atoms with Crippen molar-refractivity contribution in [3.63, 3.8) is 0 Å². The van der Waals surface area contributed by atoms with E-state index < -0.39 is 10.0 Å². The maximum absolute atomic E-state index is 12.3. The van der Waals surface area contributed by atoms with Gasteiger partial charge in [0.2, 0.25) is 10.0 Å². The van der Waals surface area contributed by atoms with E-state index >= 15 is 0 Å². The monoisotopic (exact) mass is 367 g/mol. The van der Waals surface area contributed by atoms with Crippen molar-refractivity contribution in [1.29, 1.82) is 0 Å². The standard InChI is InChI=1S/C17H22ClN3O2S/c1-3-10-24(22,23)21-13-16(18)15-11-14(4-5-17(15)21)12-20-8-6-19(2)7-9-20/h3-5,11,13H,1,6-10,12H2,2H3. The minimum absolute atomic E-state index is 0.115. The van der Waals surface area contributed by atoms with Crippen LogP contribution in [0.2, 0.25) is 5.02 Å². The van der Waals surface area contributed by atoms with E-state index in [0.717, 1.165) is 43.7 Å². The van der Waals surface area contributed by atoms with Crippen LogP contribution in [-0.4, -0.2) is 61.2 Å². The van der Waals surface area contributed by atoms with Crippen molar-refractivity contribution in [2.24, 2.45) is 0 Å². The molecule has 24 heavy (non-hydrogen) atoms. The number of nitrogens with zero attached hydrogens (tertiary/aromatic N) is 3. The highest BCUT2D eigenvalue weighted by Crippen LogP contribution is 2.28. The van der Waals surface area contributed by atoms with Gasteiger partial charge in [-0.1, -0.05) is 23.7 Å². The Bertz CT molecular complexity index is 852. The number of aromatic nitrogens is 1. The quantitative estimate of drug-likeness (QED) is 0.761. The summed E-state index contributed by atoms with van der Waals surface area (Å²) in [5.74, 6) is -0.115. The average Bonchev–Trinajstić information content (AvgIpc) is 2.87. The first-order valence-electron chi connectivity index (χ1n) is 7.95. The number of piperazine rings is 1. The maximum atomic E-state index is 12.3. The Balaban J connectivity index is 1.89. The fraction of sp³-hybridized carbons (Fsp3) is 0.412. The molecule has 0 N–H and O–H groups in total. The van der Waals surface area contributed by atoms with Crippen molar-refractivity contribution in [3.05, 3.63) is 47.6 Å². The van der Waals surface area contributed by atoms with Crippen LogP contribution >= 0.6 is 11.6 Å². The molecular formula is C17H22ClN3O2S. The molecule has 0 atom stereocenters. The SMILES string of the molecule is C=CCS(=O)(=O)n1cc(Cl)c2cc(CN3CCN(C)CC3)ccc21. The molecule has 1 aromatic heterocycles. The van der Waals surface area contributed by atoms with Gasteiger partial charge in [-0.25, -0.2) is 12.4 Å². The van der Waals surface area contributed by atoms with Crippen LogP contribution in [-0.2, 0) is 16.6 Å². The van der Waals surface area contributed by atoms with Gasteiger partial charge in [0.1, 0.15) is 0 Å². The molecule has 0 amide bonds. The van der Waals surface area contributed by atoms with Crippen molar-refractivity contribution in [2.45, 2.75) is 6.54 Å². The minimum Gasteiger partial charge on any atom is -0.304 e. The van der Waals surface area contributed by atoms with Crippen molar-refractivity contribution < 1.29 is 8.42 Å². The summed E-state index contributed by atoms with van der Waals surface area (Å²) in [6, 6.07) is 5.82. The molecule has 1 aliphatic heterocycles. The zero-order valence-electron chi connectivity index (χ0n) is 13.8. The van der Waals surface area contributed by atoms with E-state index in [1.54, 1.807) is 0 Å². The largest absolute Gasteiger partial charge is 0.304 e. The van der Waals surface area contributed by atoms with Gasteiger partial charge in [-0.3, -0.25) is 4.90 Å². The molecule has 1 saturated heterocycles. The Morgan fingerprint density at radius 3 is 2.62 bits per heavy atom. The second-order valence-corrected chi connectivity index (χ2v) is 8.57. The predicted octanol–water partition coefficient (Wildman–Crippen LogP) is 2.41. The lowest BCUT2D eigenvalue weighted by Crippen LogP contribution is -2.43. The number of benzene rings is 1. The molecule has 0 bridgehead atoms. The minimum atomic E-state index is -3.46. The van der Waals surface area contributed by atoms with E-state index in [9.17, 15) is 8.42 Å². The average molecular weight is 368 g/mol. The van der Waals surface area contributed by atoms with Gasteiger partial charge in [-0.2, -0.15) is 0 Å². The molecule has 130 valence electrons. The Morgan fingerprint density at radius 1 is 1.25 bits per heavy atom. The molecule has 5 nitrogen and oxygen atoms in total. The number of hydrogen-bond acceptors (Lipinski definition) is 4. The Hall–Kier alpha value is -1.34. The zero-order valence-corrected chi connectivity index (χ0v) is 15.4. The summed E-state index contributed by atoms with van der Waals surface area (Å²) >= 11 is 6.29. The number of likely N-dealkylation sites (N-methyl/N-ethyl adjacent to an activating group) is 1. The molecule has 3 rings (SSSR count). The molecule has 2 heterocycles. The second-order valence-electron chi connectivity index (χ2n) is 6.27. The van der Waals surface area contributed by atoms with Gasteiger partial charge in [-0.05, 0) is 24.7 Å². The highest BCUT2D eigenvalue weighted by Gasteiger charge is 2.18. The van der Waals surface area contributed by atoms with Crippen molar-refractivity contribution in [2.75, 3.05) is 39.0 Å². The third-order valence-electron chi connectivity index (χ3n) is 4.42. The predicted molar refractivity (Wildman–Crippen MR) is 99.1 cm³/mol. The van der Waals surface area contributed by atoms with E-state index in [0.29, 0.717) is 10.5 Å². The number of halogens is 1. The molecule has 1 aliphatic rings. The summed E-state index contributed by atoms with van der Waals surface area (Å²) in [6.07, 6.45) is 2.86. The maximum Gasteiger partial charge on any atom is 0.242 e. The van der Waals surface area contributed by atoms with Gasteiger partial charge >= 0.3 is 0 Å². The highest BCUT2D eigenvalue weighted by molar-refractivity contribution is 7.90. The first kappa shape index (κ1) is 17.5. The van der Waals surface area contributed by atoms with Crippen LogP contribution in [0.15, 0.2) is 37.1 Å². The molecule has 0 saturated carbocycles.